The quantitative estimate of drug-likeness (QED) is 0.900. The van der Waals surface area contributed by atoms with Gasteiger partial charge in [-0.2, -0.15) is 0 Å². The van der Waals surface area contributed by atoms with Crippen molar-refractivity contribution in [1.29, 1.82) is 0 Å². The normalized spacial score (nSPS) is 12.3. The van der Waals surface area contributed by atoms with E-state index in [1.54, 1.807) is 12.3 Å². The zero-order valence-corrected chi connectivity index (χ0v) is 12.4. The maximum atomic E-state index is 12.3. The minimum Gasteiger partial charge on any atom is -0.477 e. The molecule has 1 N–H and O–H groups in total. The average Bonchev–Trinajstić information content (AvgIpc) is 2.59. The number of aryl methyl sites for hydroxylation is 1. The van der Waals surface area contributed by atoms with Gasteiger partial charge in [-0.05, 0) is 23.8 Å². The predicted molar refractivity (Wildman–Crippen MR) is 70.7 cm³/mol. The smallest absolute Gasteiger partial charge is 0.347 e. The lowest BCUT2D eigenvalue weighted by Crippen LogP contribution is -2.31. The van der Waals surface area contributed by atoms with Crippen molar-refractivity contribution in [3.8, 4) is 0 Å². The molecular formula is C11H17NO4S2. The summed E-state index contributed by atoms with van der Waals surface area (Å²) in [4.78, 5) is 10.9. The number of carboxylic acid groups (broad SMARTS) is 1. The highest BCUT2D eigenvalue weighted by Gasteiger charge is 2.30. The second-order valence-corrected chi connectivity index (χ2v) is 7.42. The fraction of sp³-hybridized carbons (Fsp3) is 0.545. The molecule has 0 aliphatic heterocycles. The lowest BCUT2D eigenvalue weighted by atomic mass is 10.2. The van der Waals surface area contributed by atoms with Crippen molar-refractivity contribution in [1.82, 2.24) is 4.31 Å². The Kier molecular flexibility index (Phi) is 4.52. The maximum absolute atomic E-state index is 12.3. The molecule has 0 amide bonds. The summed E-state index contributed by atoms with van der Waals surface area (Å²) >= 11 is 0.942. The largest absolute Gasteiger partial charge is 0.477 e. The molecule has 1 aromatic rings. The Morgan fingerprint density at radius 2 is 2.06 bits per heavy atom. The Labute approximate surface area is 111 Å². The van der Waals surface area contributed by atoms with Crippen LogP contribution in [0.4, 0.5) is 0 Å². The molecule has 0 aliphatic rings. The highest BCUT2D eigenvalue weighted by atomic mass is 32.2. The third-order valence-corrected chi connectivity index (χ3v) is 5.63. The number of carboxylic acids is 1. The summed E-state index contributed by atoms with van der Waals surface area (Å²) in [6, 6.07) is 0. The summed E-state index contributed by atoms with van der Waals surface area (Å²) in [5.74, 6) is -1.03. The highest BCUT2D eigenvalue weighted by molar-refractivity contribution is 7.89. The molecule has 0 saturated carbocycles. The molecule has 1 rings (SSSR count). The lowest BCUT2D eigenvalue weighted by Gasteiger charge is -2.19. The second kappa shape index (κ2) is 5.38. The molecule has 0 unspecified atom stereocenters. The van der Waals surface area contributed by atoms with Gasteiger partial charge in [0, 0.05) is 13.6 Å². The van der Waals surface area contributed by atoms with E-state index in [0.29, 0.717) is 12.1 Å². The van der Waals surface area contributed by atoms with Crippen LogP contribution in [0.25, 0.3) is 0 Å². The van der Waals surface area contributed by atoms with E-state index >= 15 is 0 Å². The van der Waals surface area contributed by atoms with Gasteiger partial charge in [-0.25, -0.2) is 17.5 Å². The molecule has 0 atom stereocenters. The Morgan fingerprint density at radius 1 is 1.50 bits per heavy atom. The maximum Gasteiger partial charge on any atom is 0.347 e. The Balaban J connectivity index is 3.28. The van der Waals surface area contributed by atoms with Crippen LogP contribution in [-0.2, 0) is 10.0 Å². The van der Waals surface area contributed by atoms with Crippen molar-refractivity contribution < 1.29 is 18.3 Å². The van der Waals surface area contributed by atoms with Crippen LogP contribution in [0.5, 0.6) is 0 Å². The first-order valence-corrected chi connectivity index (χ1v) is 7.77. The van der Waals surface area contributed by atoms with Crippen LogP contribution in [0.3, 0.4) is 0 Å². The van der Waals surface area contributed by atoms with Gasteiger partial charge < -0.3 is 5.11 Å². The van der Waals surface area contributed by atoms with E-state index in [4.69, 9.17) is 5.11 Å². The number of hydrogen-bond donors (Lipinski definition) is 1. The molecule has 0 bridgehead atoms. The summed E-state index contributed by atoms with van der Waals surface area (Å²) in [6.07, 6.45) is 0. The van der Waals surface area contributed by atoms with E-state index in [1.807, 2.05) is 13.8 Å². The standard InChI is InChI=1S/C11H17NO4S2/c1-7(2)5-12(4)18(15,16)10-8(3)6-17-9(10)11(13)14/h6-7H,5H2,1-4H3,(H,13,14). The van der Waals surface area contributed by atoms with Gasteiger partial charge in [0.05, 0.1) is 0 Å². The first-order chi connectivity index (χ1) is 8.17. The van der Waals surface area contributed by atoms with Crippen LogP contribution >= 0.6 is 11.3 Å². The molecule has 5 nitrogen and oxygen atoms in total. The topological polar surface area (TPSA) is 74.7 Å². The van der Waals surface area contributed by atoms with Gasteiger partial charge >= 0.3 is 5.97 Å². The molecular weight excluding hydrogens is 274 g/mol. The van der Waals surface area contributed by atoms with E-state index in [-0.39, 0.29) is 15.7 Å². The first-order valence-electron chi connectivity index (χ1n) is 5.45. The van der Waals surface area contributed by atoms with Crippen LogP contribution in [0.1, 0.15) is 29.1 Å². The van der Waals surface area contributed by atoms with E-state index in [2.05, 4.69) is 0 Å². The minimum atomic E-state index is -3.73. The highest BCUT2D eigenvalue weighted by Crippen LogP contribution is 2.29. The number of aromatic carboxylic acids is 1. The van der Waals surface area contributed by atoms with Gasteiger partial charge in [-0.1, -0.05) is 13.8 Å². The molecule has 0 spiro atoms. The van der Waals surface area contributed by atoms with E-state index in [1.165, 1.54) is 11.4 Å². The molecule has 1 heterocycles. The number of nitrogens with zero attached hydrogens (tertiary/aromatic N) is 1. The van der Waals surface area contributed by atoms with Crippen molar-refractivity contribution in [2.24, 2.45) is 5.92 Å². The molecule has 18 heavy (non-hydrogen) atoms. The monoisotopic (exact) mass is 291 g/mol. The summed E-state index contributed by atoms with van der Waals surface area (Å²) < 4.78 is 25.9. The van der Waals surface area contributed by atoms with Gasteiger partial charge in [0.25, 0.3) is 0 Å². The van der Waals surface area contributed by atoms with E-state index in [9.17, 15) is 13.2 Å². The molecule has 0 fully saturated rings. The summed E-state index contributed by atoms with van der Waals surface area (Å²) in [5.41, 5.74) is 0.480. The van der Waals surface area contributed by atoms with Crippen molar-refractivity contribution >= 4 is 27.3 Å². The first kappa shape index (κ1) is 15.1. The zero-order chi connectivity index (χ0) is 14.1. The van der Waals surface area contributed by atoms with Crippen LogP contribution in [0.15, 0.2) is 10.3 Å². The van der Waals surface area contributed by atoms with Crippen LogP contribution in [0.2, 0.25) is 0 Å². The Hall–Kier alpha value is -0.920. The number of hydrogen-bond acceptors (Lipinski definition) is 4. The van der Waals surface area contributed by atoms with Gasteiger partial charge in [0.2, 0.25) is 10.0 Å². The van der Waals surface area contributed by atoms with Crippen molar-refractivity contribution in [3.63, 3.8) is 0 Å². The fourth-order valence-corrected chi connectivity index (χ4v) is 4.58. The molecule has 1 aromatic heterocycles. The van der Waals surface area contributed by atoms with Crippen LogP contribution in [-0.4, -0.2) is 37.4 Å². The lowest BCUT2D eigenvalue weighted by molar-refractivity contribution is 0.0698. The number of rotatable bonds is 5. The minimum absolute atomic E-state index is 0.0804. The summed E-state index contributed by atoms with van der Waals surface area (Å²) in [6.45, 7) is 5.78. The van der Waals surface area contributed by atoms with Crippen molar-refractivity contribution in [3.05, 3.63) is 15.8 Å². The molecule has 7 heteroatoms. The van der Waals surface area contributed by atoms with Gasteiger partial charge in [-0.3, -0.25) is 0 Å². The van der Waals surface area contributed by atoms with Crippen LogP contribution in [0, 0.1) is 12.8 Å². The third-order valence-electron chi connectivity index (χ3n) is 2.40. The molecule has 0 aromatic carbocycles. The van der Waals surface area contributed by atoms with Gasteiger partial charge in [-0.15, -0.1) is 11.3 Å². The van der Waals surface area contributed by atoms with Crippen molar-refractivity contribution in [2.75, 3.05) is 13.6 Å². The number of thiophene rings is 1. The van der Waals surface area contributed by atoms with E-state index in [0.717, 1.165) is 11.3 Å². The summed E-state index contributed by atoms with van der Waals surface area (Å²) in [7, 11) is -2.26. The van der Waals surface area contributed by atoms with Gasteiger partial charge in [0.15, 0.2) is 0 Å². The SMILES string of the molecule is Cc1csc(C(=O)O)c1S(=O)(=O)N(C)CC(C)C. The third kappa shape index (κ3) is 2.90. The summed E-state index contributed by atoms with van der Waals surface area (Å²) in [5, 5.41) is 10.6. The number of sulfonamides is 1. The van der Waals surface area contributed by atoms with Crippen LogP contribution < -0.4 is 0 Å². The molecule has 102 valence electrons. The Bertz CT molecular complexity index is 545. The fourth-order valence-electron chi connectivity index (χ4n) is 1.67. The molecule has 0 saturated heterocycles. The second-order valence-electron chi connectivity index (χ2n) is 4.56. The average molecular weight is 291 g/mol. The molecule has 0 radical (unpaired) electrons. The van der Waals surface area contributed by atoms with E-state index < -0.39 is 16.0 Å². The van der Waals surface area contributed by atoms with Gasteiger partial charge in [0.1, 0.15) is 9.77 Å². The molecule has 0 aliphatic carbocycles. The number of carbonyl (C=O) groups is 1. The Morgan fingerprint density at radius 3 is 2.50 bits per heavy atom. The van der Waals surface area contributed by atoms with Crippen molar-refractivity contribution in [2.45, 2.75) is 25.7 Å². The predicted octanol–water partition coefficient (Wildman–Crippen LogP) is 2.03. The zero-order valence-electron chi connectivity index (χ0n) is 10.8.